The van der Waals surface area contributed by atoms with Crippen molar-refractivity contribution in [2.45, 2.75) is 13.0 Å². The smallest absolute Gasteiger partial charge is 0.186 e. The lowest BCUT2D eigenvalue weighted by Crippen LogP contribution is -2.38. The average molecular weight is 317 g/mol. The Morgan fingerprint density at radius 2 is 2.19 bits per heavy atom. The van der Waals surface area contributed by atoms with Crippen molar-refractivity contribution in [1.82, 2.24) is 9.97 Å². The van der Waals surface area contributed by atoms with Gasteiger partial charge in [0.2, 0.25) is 0 Å². The molecule has 1 aromatic carbocycles. The molecule has 108 valence electrons. The van der Waals surface area contributed by atoms with Gasteiger partial charge in [-0.1, -0.05) is 23.5 Å². The van der Waals surface area contributed by atoms with Crippen LogP contribution < -0.4 is 4.90 Å². The van der Waals surface area contributed by atoms with Crippen LogP contribution in [0.25, 0.3) is 10.2 Å². The highest BCUT2D eigenvalue weighted by atomic mass is 32.1. The quantitative estimate of drug-likeness (QED) is 0.723. The number of para-hydroxylation sites is 1. The second kappa shape index (κ2) is 5.36. The fraction of sp³-hybridized carbons (Fsp3) is 0.333. The van der Waals surface area contributed by atoms with E-state index in [0.29, 0.717) is 0 Å². The van der Waals surface area contributed by atoms with E-state index >= 15 is 0 Å². The van der Waals surface area contributed by atoms with Crippen LogP contribution in [0.4, 0.5) is 5.13 Å². The van der Waals surface area contributed by atoms with Gasteiger partial charge in [0.25, 0.3) is 0 Å². The highest BCUT2D eigenvalue weighted by Crippen LogP contribution is 2.32. The van der Waals surface area contributed by atoms with Crippen LogP contribution in [0.1, 0.15) is 16.8 Å². The van der Waals surface area contributed by atoms with Crippen LogP contribution in [0.3, 0.4) is 0 Å². The Morgan fingerprint density at radius 3 is 3.00 bits per heavy atom. The van der Waals surface area contributed by atoms with E-state index in [4.69, 9.17) is 9.72 Å². The Hall–Kier alpha value is -1.50. The topological polar surface area (TPSA) is 38.2 Å². The van der Waals surface area contributed by atoms with Crippen molar-refractivity contribution in [3.8, 4) is 0 Å². The predicted octanol–water partition coefficient (Wildman–Crippen LogP) is 3.64. The normalized spacial score (nSPS) is 19.3. The number of thiazole rings is 2. The largest absolute Gasteiger partial charge is 0.367 e. The molecule has 0 unspecified atom stereocenters. The summed E-state index contributed by atoms with van der Waals surface area (Å²) in [7, 11) is 0. The number of hydrogen-bond donors (Lipinski definition) is 0. The van der Waals surface area contributed by atoms with Crippen LogP contribution in [-0.2, 0) is 4.74 Å². The van der Waals surface area contributed by atoms with E-state index in [1.807, 2.05) is 13.0 Å². The number of aromatic nitrogens is 2. The first kappa shape index (κ1) is 13.2. The van der Waals surface area contributed by atoms with Crippen molar-refractivity contribution in [1.29, 1.82) is 0 Å². The predicted molar refractivity (Wildman–Crippen MR) is 87.4 cm³/mol. The minimum Gasteiger partial charge on any atom is -0.367 e. The standard InChI is InChI=1S/C15H15N3OS2/c1-10-9-20-14(16-10)12-8-18(6-7-19-12)15-17-11-4-2-3-5-13(11)21-15/h2-5,9,12H,6-8H2,1H3/t12-/m0/s1. The van der Waals surface area contributed by atoms with E-state index in [0.717, 1.165) is 41.0 Å². The molecule has 2 aromatic heterocycles. The van der Waals surface area contributed by atoms with Crippen molar-refractivity contribution in [3.05, 3.63) is 40.3 Å². The van der Waals surface area contributed by atoms with Gasteiger partial charge in [0.1, 0.15) is 11.1 Å². The van der Waals surface area contributed by atoms with Crippen molar-refractivity contribution in [2.75, 3.05) is 24.6 Å². The SMILES string of the molecule is Cc1csc([C@@H]2CN(c3nc4ccccc4s3)CCO2)n1. The summed E-state index contributed by atoms with van der Waals surface area (Å²) in [5, 5.41) is 4.23. The van der Waals surface area contributed by atoms with Crippen molar-refractivity contribution in [3.63, 3.8) is 0 Å². The summed E-state index contributed by atoms with van der Waals surface area (Å²) in [5.74, 6) is 0. The molecule has 0 N–H and O–H groups in total. The number of ether oxygens (including phenoxy) is 1. The van der Waals surface area contributed by atoms with E-state index in [9.17, 15) is 0 Å². The second-order valence-corrected chi connectivity index (χ2v) is 7.00. The molecule has 21 heavy (non-hydrogen) atoms. The summed E-state index contributed by atoms with van der Waals surface area (Å²) in [5.41, 5.74) is 2.14. The molecule has 1 saturated heterocycles. The molecular formula is C15H15N3OS2. The lowest BCUT2D eigenvalue weighted by atomic mass is 10.3. The Bertz CT molecular complexity index is 734. The zero-order valence-electron chi connectivity index (χ0n) is 11.7. The van der Waals surface area contributed by atoms with Crippen LogP contribution in [0.5, 0.6) is 0 Å². The monoisotopic (exact) mass is 317 g/mol. The molecule has 0 aliphatic carbocycles. The van der Waals surface area contributed by atoms with Gasteiger partial charge in [-0.3, -0.25) is 0 Å². The van der Waals surface area contributed by atoms with Gasteiger partial charge in [-0.15, -0.1) is 11.3 Å². The van der Waals surface area contributed by atoms with Gasteiger partial charge in [-0.2, -0.15) is 0 Å². The fourth-order valence-electron chi connectivity index (χ4n) is 2.49. The van der Waals surface area contributed by atoms with Gasteiger partial charge in [0, 0.05) is 17.6 Å². The van der Waals surface area contributed by atoms with E-state index in [-0.39, 0.29) is 6.10 Å². The van der Waals surface area contributed by atoms with E-state index in [2.05, 4.69) is 33.5 Å². The first-order valence-corrected chi connectivity index (χ1v) is 8.63. The lowest BCUT2D eigenvalue weighted by Gasteiger charge is -2.31. The molecule has 3 heterocycles. The molecule has 3 aromatic rings. The van der Waals surface area contributed by atoms with Gasteiger partial charge in [0.05, 0.1) is 23.4 Å². The molecule has 1 atom stereocenters. The molecule has 0 spiro atoms. The highest BCUT2D eigenvalue weighted by Gasteiger charge is 2.26. The molecular weight excluding hydrogens is 302 g/mol. The number of fused-ring (bicyclic) bond motifs is 1. The van der Waals surface area contributed by atoms with Gasteiger partial charge >= 0.3 is 0 Å². The zero-order valence-corrected chi connectivity index (χ0v) is 13.3. The summed E-state index contributed by atoms with van der Waals surface area (Å²) >= 11 is 3.43. The number of anilines is 1. The average Bonchev–Trinajstić information content (AvgIpc) is 3.13. The fourth-order valence-corrected chi connectivity index (χ4v) is 4.32. The Balaban J connectivity index is 1.60. The summed E-state index contributed by atoms with van der Waals surface area (Å²) in [6.07, 6.45) is 0.0597. The van der Waals surface area contributed by atoms with Crippen LogP contribution in [0, 0.1) is 6.92 Å². The van der Waals surface area contributed by atoms with E-state index in [1.165, 1.54) is 4.70 Å². The third-order valence-corrected chi connectivity index (χ3v) is 5.68. The van der Waals surface area contributed by atoms with Crippen molar-refractivity contribution >= 4 is 38.0 Å². The lowest BCUT2D eigenvalue weighted by molar-refractivity contribution is 0.0396. The molecule has 0 radical (unpaired) electrons. The van der Waals surface area contributed by atoms with Crippen molar-refractivity contribution in [2.24, 2.45) is 0 Å². The minimum atomic E-state index is 0.0597. The first-order valence-electron chi connectivity index (χ1n) is 6.94. The van der Waals surface area contributed by atoms with Gasteiger partial charge < -0.3 is 9.64 Å². The molecule has 0 amide bonds. The maximum atomic E-state index is 5.89. The van der Waals surface area contributed by atoms with Gasteiger partial charge in [-0.05, 0) is 19.1 Å². The molecule has 0 saturated carbocycles. The number of nitrogens with zero attached hydrogens (tertiary/aromatic N) is 3. The molecule has 6 heteroatoms. The third-order valence-electron chi connectivity index (χ3n) is 3.53. The van der Waals surface area contributed by atoms with Gasteiger partial charge in [0.15, 0.2) is 5.13 Å². The maximum absolute atomic E-state index is 5.89. The molecule has 1 fully saturated rings. The molecule has 4 nitrogen and oxygen atoms in total. The molecule has 0 bridgehead atoms. The maximum Gasteiger partial charge on any atom is 0.186 e. The van der Waals surface area contributed by atoms with Crippen LogP contribution in [0.15, 0.2) is 29.6 Å². The van der Waals surface area contributed by atoms with E-state index < -0.39 is 0 Å². The summed E-state index contributed by atoms with van der Waals surface area (Å²) < 4.78 is 7.12. The summed E-state index contributed by atoms with van der Waals surface area (Å²) in [4.78, 5) is 11.6. The Labute approximate surface area is 131 Å². The summed E-state index contributed by atoms with van der Waals surface area (Å²) in [6.45, 7) is 4.46. The number of aryl methyl sites for hydroxylation is 1. The third kappa shape index (κ3) is 2.54. The number of benzene rings is 1. The molecule has 1 aliphatic rings. The Kier molecular flexibility index (Phi) is 3.37. The van der Waals surface area contributed by atoms with Crippen molar-refractivity contribution < 1.29 is 4.74 Å². The Morgan fingerprint density at radius 1 is 1.29 bits per heavy atom. The zero-order chi connectivity index (χ0) is 14.2. The highest BCUT2D eigenvalue weighted by molar-refractivity contribution is 7.22. The second-order valence-electron chi connectivity index (χ2n) is 5.10. The van der Waals surface area contributed by atoms with Crippen LogP contribution >= 0.6 is 22.7 Å². The first-order chi connectivity index (χ1) is 10.3. The summed E-state index contributed by atoms with van der Waals surface area (Å²) in [6, 6.07) is 8.28. The number of morpholine rings is 1. The number of rotatable bonds is 2. The van der Waals surface area contributed by atoms with Crippen LogP contribution in [-0.4, -0.2) is 29.7 Å². The molecule has 1 aliphatic heterocycles. The molecule has 4 rings (SSSR count). The van der Waals surface area contributed by atoms with Gasteiger partial charge in [-0.25, -0.2) is 9.97 Å². The minimum absolute atomic E-state index is 0.0597. The number of hydrogen-bond acceptors (Lipinski definition) is 6. The van der Waals surface area contributed by atoms with Crippen LogP contribution in [0.2, 0.25) is 0 Å². The van der Waals surface area contributed by atoms with E-state index in [1.54, 1.807) is 22.7 Å².